The van der Waals surface area contributed by atoms with Gasteiger partial charge in [0.2, 0.25) is 0 Å². The number of rotatable bonds is 4. The molecule has 2 atom stereocenters. The van der Waals surface area contributed by atoms with Gasteiger partial charge >= 0.3 is 0 Å². The van der Waals surface area contributed by atoms with E-state index in [1.807, 2.05) is 31.2 Å². The van der Waals surface area contributed by atoms with Gasteiger partial charge in [-0.2, -0.15) is 0 Å². The molecular weight excluding hydrogens is 262 g/mol. The lowest BCUT2D eigenvalue weighted by Gasteiger charge is -2.35. The van der Waals surface area contributed by atoms with Crippen LogP contribution < -0.4 is 5.43 Å². The predicted octanol–water partition coefficient (Wildman–Crippen LogP) is 1.51. The van der Waals surface area contributed by atoms with Gasteiger partial charge in [0, 0.05) is 37.2 Å². The molecule has 0 aromatic heterocycles. The van der Waals surface area contributed by atoms with Crippen molar-refractivity contribution in [3.05, 3.63) is 34.9 Å². The van der Waals surface area contributed by atoms with Crippen LogP contribution >= 0.6 is 11.6 Å². The van der Waals surface area contributed by atoms with Crippen molar-refractivity contribution in [2.45, 2.75) is 19.1 Å². The largest absolute Gasteiger partial charge is 0.387 e. The van der Waals surface area contributed by atoms with E-state index in [1.54, 1.807) is 0 Å². The lowest BCUT2D eigenvalue weighted by Crippen LogP contribution is -2.54. The van der Waals surface area contributed by atoms with Gasteiger partial charge in [-0.25, -0.2) is 10.4 Å². The summed E-state index contributed by atoms with van der Waals surface area (Å²) in [6.07, 6.45) is -0.531. The molecule has 19 heavy (non-hydrogen) atoms. The molecule has 0 amide bonds. The number of likely N-dealkylation sites (N-methyl/N-ethyl adjacent to an activating group) is 1. The third kappa shape index (κ3) is 4.16. The summed E-state index contributed by atoms with van der Waals surface area (Å²) in [6.45, 7) is 6.06. The Morgan fingerprint density at radius 2 is 1.74 bits per heavy atom. The van der Waals surface area contributed by atoms with Crippen LogP contribution in [0.25, 0.3) is 0 Å². The van der Waals surface area contributed by atoms with E-state index in [9.17, 15) is 5.11 Å². The Hall–Kier alpha value is -0.650. The summed E-state index contributed by atoms with van der Waals surface area (Å²) in [5, 5.41) is 13.2. The summed E-state index contributed by atoms with van der Waals surface area (Å²) < 4.78 is 0. The number of nitrogens with one attached hydrogen (secondary N) is 1. The van der Waals surface area contributed by atoms with E-state index in [1.165, 1.54) is 0 Å². The van der Waals surface area contributed by atoms with E-state index in [2.05, 4.69) is 22.4 Å². The van der Waals surface area contributed by atoms with Crippen molar-refractivity contribution in [2.75, 3.05) is 33.2 Å². The zero-order chi connectivity index (χ0) is 13.8. The van der Waals surface area contributed by atoms with Crippen LogP contribution in [0.2, 0.25) is 5.02 Å². The zero-order valence-corrected chi connectivity index (χ0v) is 12.3. The fourth-order valence-corrected chi connectivity index (χ4v) is 2.37. The minimum absolute atomic E-state index is 0.0235. The van der Waals surface area contributed by atoms with Crippen LogP contribution in [0.1, 0.15) is 18.6 Å². The minimum atomic E-state index is -0.531. The fraction of sp³-hybridized carbons (Fsp3) is 0.571. The van der Waals surface area contributed by atoms with Crippen LogP contribution in [-0.4, -0.2) is 54.3 Å². The SMILES string of the molecule is CC(NN1CCN(C)CC1)C(O)c1ccc(Cl)cc1. The molecule has 2 N–H and O–H groups in total. The normalized spacial score (nSPS) is 21.3. The van der Waals surface area contributed by atoms with Gasteiger partial charge in [-0.05, 0) is 31.7 Å². The summed E-state index contributed by atoms with van der Waals surface area (Å²) in [5.41, 5.74) is 4.26. The first-order chi connectivity index (χ1) is 9.06. The molecule has 1 saturated heterocycles. The average molecular weight is 284 g/mol. The molecule has 2 unspecified atom stereocenters. The van der Waals surface area contributed by atoms with E-state index >= 15 is 0 Å². The van der Waals surface area contributed by atoms with Crippen LogP contribution in [-0.2, 0) is 0 Å². The number of hydrogen-bond donors (Lipinski definition) is 2. The van der Waals surface area contributed by atoms with Crippen molar-refractivity contribution in [1.29, 1.82) is 0 Å². The van der Waals surface area contributed by atoms with Gasteiger partial charge in [-0.15, -0.1) is 0 Å². The van der Waals surface area contributed by atoms with Crippen LogP contribution in [0.15, 0.2) is 24.3 Å². The molecule has 0 spiro atoms. The zero-order valence-electron chi connectivity index (χ0n) is 11.5. The quantitative estimate of drug-likeness (QED) is 0.879. The van der Waals surface area contributed by atoms with Crippen LogP contribution in [0.5, 0.6) is 0 Å². The number of aliphatic hydroxyl groups excluding tert-OH is 1. The van der Waals surface area contributed by atoms with Gasteiger partial charge in [-0.3, -0.25) is 0 Å². The van der Waals surface area contributed by atoms with Gasteiger partial charge in [0.1, 0.15) is 0 Å². The van der Waals surface area contributed by atoms with Crippen LogP contribution in [0.4, 0.5) is 0 Å². The van der Waals surface area contributed by atoms with Crippen molar-refractivity contribution in [1.82, 2.24) is 15.3 Å². The van der Waals surface area contributed by atoms with E-state index in [0.717, 1.165) is 31.7 Å². The second-order valence-electron chi connectivity index (χ2n) is 5.20. The highest BCUT2D eigenvalue weighted by molar-refractivity contribution is 6.30. The second-order valence-corrected chi connectivity index (χ2v) is 5.64. The third-order valence-electron chi connectivity index (χ3n) is 3.57. The molecule has 1 aliphatic rings. The Balaban J connectivity index is 1.88. The summed E-state index contributed by atoms with van der Waals surface area (Å²) in [5.74, 6) is 0. The first-order valence-corrected chi connectivity index (χ1v) is 7.07. The van der Waals surface area contributed by atoms with Gasteiger partial charge in [-0.1, -0.05) is 23.7 Å². The Labute approximate surface area is 119 Å². The second kappa shape index (κ2) is 6.68. The molecule has 1 heterocycles. The molecule has 5 heteroatoms. The topological polar surface area (TPSA) is 38.7 Å². The monoisotopic (exact) mass is 283 g/mol. The summed E-state index contributed by atoms with van der Waals surface area (Å²) in [4.78, 5) is 2.30. The van der Waals surface area contributed by atoms with Gasteiger partial charge in [0.15, 0.2) is 0 Å². The van der Waals surface area contributed by atoms with E-state index in [0.29, 0.717) is 5.02 Å². The lowest BCUT2D eigenvalue weighted by molar-refractivity contribution is 0.0438. The molecule has 0 saturated carbocycles. The molecule has 1 aromatic carbocycles. The summed E-state index contributed by atoms with van der Waals surface area (Å²) >= 11 is 5.86. The van der Waals surface area contributed by atoms with Crippen molar-refractivity contribution in [3.63, 3.8) is 0 Å². The smallest absolute Gasteiger partial charge is 0.0953 e. The van der Waals surface area contributed by atoms with E-state index in [4.69, 9.17) is 11.6 Å². The average Bonchev–Trinajstić information content (AvgIpc) is 2.41. The third-order valence-corrected chi connectivity index (χ3v) is 3.83. The first kappa shape index (κ1) is 14.8. The van der Waals surface area contributed by atoms with Crippen LogP contribution in [0, 0.1) is 0 Å². The van der Waals surface area contributed by atoms with Gasteiger partial charge in [0.25, 0.3) is 0 Å². The first-order valence-electron chi connectivity index (χ1n) is 6.69. The predicted molar refractivity (Wildman–Crippen MR) is 78.1 cm³/mol. The van der Waals surface area contributed by atoms with Gasteiger partial charge < -0.3 is 10.0 Å². The number of benzene rings is 1. The number of hydrazine groups is 1. The minimum Gasteiger partial charge on any atom is -0.387 e. The molecule has 0 radical (unpaired) electrons. The lowest BCUT2D eigenvalue weighted by atomic mass is 10.0. The van der Waals surface area contributed by atoms with Crippen molar-refractivity contribution in [3.8, 4) is 0 Å². The molecule has 1 aromatic rings. The highest BCUT2D eigenvalue weighted by atomic mass is 35.5. The maximum Gasteiger partial charge on any atom is 0.0953 e. The highest BCUT2D eigenvalue weighted by Crippen LogP contribution is 2.19. The molecule has 4 nitrogen and oxygen atoms in total. The molecule has 1 aliphatic heterocycles. The molecule has 106 valence electrons. The van der Waals surface area contributed by atoms with E-state index < -0.39 is 6.10 Å². The maximum absolute atomic E-state index is 10.3. The standard InChI is InChI=1S/C14H22ClN3O/c1-11(16-18-9-7-17(2)8-10-18)14(19)12-3-5-13(15)6-4-12/h3-6,11,14,16,19H,7-10H2,1-2H3. The molecule has 0 aliphatic carbocycles. The Morgan fingerprint density at radius 1 is 1.16 bits per heavy atom. The van der Waals surface area contributed by atoms with Gasteiger partial charge in [0.05, 0.1) is 6.10 Å². The van der Waals surface area contributed by atoms with Crippen molar-refractivity contribution < 1.29 is 5.11 Å². The molecule has 1 fully saturated rings. The molecule has 0 bridgehead atoms. The van der Waals surface area contributed by atoms with Crippen molar-refractivity contribution >= 4 is 11.6 Å². The summed E-state index contributed by atoms with van der Waals surface area (Å²) in [6, 6.07) is 7.33. The number of piperazine rings is 1. The van der Waals surface area contributed by atoms with E-state index in [-0.39, 0.29) is 6.04 Å². The molecular formula is C14H22ClN3O. The Kier molecular flexibility index (Phi) is 5.19. The Morgan fingerprint density at radius 3 is 2.32 bits per heavy atom. The number of nitrogens with zero attached hydrogens (tertiary/aromatic N) is 2. The number of hydrogen-bond acceptors (Lipinski definition) is 4. The molecule has 2 rings (SSSR count). The van der Waals surface area contributed by atoms with Crippen LogP contribution in [0.3, 0.4) is 0 Å². The highest BCUT2D eigenvalue weighted by Gasteiger charge is 2.20. The number of aliphatic hydroxyl groups is 1. The Bertz CT molecular complexity index is 390. The number of halogens is 1. The summed E-state index contributed by atoms with van der Waals surface area (Å²) in [7, 11) is 2.13. The maximum atomic E-state index is 10.3. The fourth-order valence-electron chi connectivity index (χ4n) is 2.24. The van der Waals surface area contributed by atoms with Crippen molar-refractivity contribution in [2.24, 2.45) is 0 Å².